The van der Waals surface area contributed by atoms with E-state index >= 15 is 0 Å². The Morgan fingerprint density at radius 1 is 1.29 bits per heavy atom. The van der Waals surface area contributed by atoms with Crippen LogP contribution in [0.25, 0.3) is 0 Å². The van der Waals surface area contributed by atoms with E-state index in [4.69, 9.17) is 4.74 Å². The molecule has 1 aromatic carbocycles. The third kappa shape index (κ3) is 2.98. The van der Waals surface area contributed by atoms with Crippen LogP contribution < -0.4 is 4.74 Å². The van der Waals surface area contributed by atoms with Gasteiger partial charge in [0.15, 0.2) is 0 Å². The van der Waals surface area contributed by atoms with E-state index in [0.29, 0.717) is 5.75 Å². The first-order valence-electron chi connectivity index (χ1n) is 5.62. The Morgan fingerprint density at radius 2 is 1.88 bits per heavy atom. The molecule has 0 aliphatic carbocycles. The molecule has 0 spiro atoms. The second-order valence-corrected chi connectivity index (χ2v) is 5.16. The fourth-order valence-corrected chi connectivity index (χ4v) is 1.73. The topological polar surface area (TPSA) is 53.2 Å². The highest BCUT2D eigenvalue weighted by Crippen LogP contribution is 2.35. The van der Waals surface area contributed by atoms with Gasteiger partial charge < -0.3 is 9.84 Å². The van der Waals surface area contributed by atoms with Gasteiger partial charge in [-0.3, -0.25) is 0 Å². The van der Waals surface area contributed by atoms with Gasteiger partial charge in [-0.1, -0.05) is 39.0 Å². The van der Waals surface area contributed by atoms with Crippen LogP contribution in [0.15, 0.2) is 24.3 Å². The van der Waals surface area contributed by atoms with E-state index in [2.05, 4.69) is 6.07 Å². The third-order valence-electron chi connectivity index (χ3n) is 2.82. The molecule has 0 aliphatic heterocycles. The van der Waals surface area contributed by atoms with Gasteiger partial charge in [0, 0.05) is 5.56 Å². The molecule has 1 N–H and O–H groups in total. The van der Waals surface area contributed by atoms with Crippen LogP contribution in [0.4, 0.5) is 0 Å². The Morgan fingerprint density at radius 3 is 2.35 bits per heavy atom. The molecule has 0 saturated heterocycles. The zero-order valence-corrected chi connectivity index (χ0v) is 10.8. The number of nitriles is 1. The van der Waals surface area contributed by atoms with E-state index in [9.17, 15) is 10.4 Å². The fourth-order valence-electron chi connectivity index (χ4n) is 1.73. The SMILES string of the molecule is COc1ccccc1[C@@H](C#N)[C@H](O)C(C)(C)C. The van der Waals surface area contributed by atoms with E-state index in [1.54, 1.807) is 13.2 Å². The normalized spacial score (nSPS) is 14.8. The minimum atomic E-state index is -0.733. The summed E-state index contributed by atoms with van der Waals surface area (Å²) in [5.41, 5.74) is 0.390. The molecule has 0 radical (unpaired) electrons. The fraction of sp³-hybridized carbons (Fsp3) is 0.500. The van der Waals surface area contributed by atoms with Crippen molar-refractivity contribution in [1.82, 2.24) is 0 Å². The van der Waals surface area contributed by atoms with Crippen molar-refractivity contribution in [2.45, 2.75) is 32.8 Å². The zero-order valence-electron chi connectivity index (χ0n) is 10.8. The monoisotopic (exact) mass is 233 g/mol. The van der Waals surface area contributed by atoms with E-state index in [-0.39, 0.29) is 5.41 Å². The third-order valence-corrected chi connectivity index (χ3v) is 2.82. The first-order valence-corrected chi connectivity index (χ1v) is 5.62. The number of rotatable bonds is 3. The Hall–Kier alpha value is -1.53. The molecule has 0 heterocycles. The average molecular weight is 233 g/mol. The molecule has 1 aromatic rings. The van der Waals surface area contributed by atoms with Gasteiger partial charge in [0.25, 0.3) is 0 Å². The highest BCUT2D eigenvalue weighted by atomic mass is 16.5. The van der Waals surface area contributed by atoms with Gasteiger partial charge in [-0.2, -0.15) is 5.26 Å². The van der Waals surface area contributed by atoms with Crippen molar-refractivity contribution in [2.75, 3.05) is 7.11 Å². The summed E-state index contributed by atoms with van der Waals surface area (Å²) >= 11 is 0. The van der Waals surface area contributed by atoms with Crippen molar-refractivity contribution in [3.63, 3.8) is 0 Å². The maximum Gasteiger partial charge on any atom is 0.123 e. The van der Waals surface area contributed by atoms with E-state index in [1.165, 1.54) is 0 Å². The zero-order chi connectivity index (χ0) is 13.1. The van der Waals surface area contributed by atoms with E-state index < -0.39 is 12.0 Å². The summed E-state index contributed by atoms with van der Waals surface area (Å²) in [6, 6.07) is 9.48. The number of aliphatic hydroxyl groups is 1. The molecule has 0 aromatic heterocycles. The lowest BCUT2D eigenvalue weighted by atomic mass is 9.79. The summed E-state index contributed by atoms with van der Waals surface area (Å²) in [6.07, 6.45) is -0.733. The standard InChI is InChI=1S/C14H19NO2/c1-14(2,3)13(16)11(9-15)10-7-5-6-8-12(10)17-4/h5-8,11,13,16H,1-4H3/t11-,13+/m1/s1. The number of hydrogen-bond acceptors (Lipinski definition) is 3. The molecule has 92 valence electrons. The molecule has 17 heavy (non-hydrogen) atoms. The van der Waals surface area contributed by atoms with Crippen LogP contribution in [0, 0.1) is 16.7 Å². The van der Waals surface area contributed by atoms with Crippen molar-refractivity contribution < 1.29 is 9.84 Å². The summed E-state index contributed by atoms with van der Waals surface area (Å²) < 4.78 is 5.23. The van der Waals surface area contributed by atoms with Gasteiger partial charge >= 0.3 is 0 Å². The Labute approximate surface area is 103 Å². The number of para-hydroxylation sites is 1. The summed E-state index contributed by atoms with van der Waals surface area (Å²) in [5.74, 6) is 0.0634. The lowest BCUT2D eigenvalue weighted by molar-refractivity contribution is 0.0521. The van der Waals surface area contributed by atoms with Crippen molar-refractivity contribution in [1.29, 1.82) is 5.26 Å². The molecule has 0 amide bonds. The van der Waals surface area contributed by atoms with E-state index in [0.717, 1.165) is 5.56 Å². The van der Waals surface area contributed by atoms with Gasteiger partial charge in [-0.15, -0.1) is 0 Å². The molecule has 0 fully saturated rings. The summed E-state index contributed by atoms with van der Waals surface area (Å²) in [5, 5.41) is 19.5. The van der Waals surface area contributed by atoms with Crippen LogP contribution >= 0.6 is 0 Å². The Kier molecular flexibility index (Phi) is 4.14. The van der Waals surface area contributed by atoms with E-state index in [1.807, 2.05) is 39.0 Å². The molecular formula is C14H19NO2. The predicted molar refractivity (Wildman–Crippen MR) is 66.8 cm³/mol. The van der Waals surface area contributed by atoms with Crippen LogP contribution in [-0.4, -0.2) is 18.3 Å². The van der Waals surface area contributed by atoms with Crippen molar-refractivity contribution in [3.05, 3.63) is 29.8 Å². The number of methoxy groups -OCH3 is 1. The van der Waals surface area contributed by atoms with Crippen molar-refractivity contribution in [3.8, 4) is 11.8 Å². The first kappa shape index (κ1) is 13.5. The summed E-state index contributed by atoms with van der Waals surface area (Å²) in [4.78, 5) is 0. The van der Waals surface area contributed by atoms with Gasteiger partial charge in [0.1, 0.15) is 11.7 Å². The number of benzene rings is 1. The minimum Gasteiger partial charge on any atom is -0.496 e. The van der Waals surface area contributed by atoms with Crippen LogP contribution in [0.3, 0.4) is 0 Å². The van der Waals surface area contributed by atoms with Gasteiger partial charge in [-0.05, 0) is 11.5 Å². The molecule has 0 bridgehead atoms. The summed E-state index contributed by atoms with van der Waals surface area (Å²) in [7, 11) is 1.57. The van der Waals surface area contributed by atoms with Crippen LogP contribution in [0.1, 0.15) is 32.3 Å². The second kappa shape index (κ2) is 5.20. The maximum absolute atomic E-state index is 10.2. The predicted octanol–water partition coefficient (Wildman–Crippen LogP) is 2.71. The maximum atomic E-state index is 10.2. The molecule has 0 unspecified atom stereocenters. The average Bonchev–Trinajstić information content (AvgIpc) is 2.29. The smallest absolute Gasteiger partial charge is 0.123 e. The lowest BCUT2D eigenvalue weighted by Gasteiger charge is -2.30. The van der Waals surface area contributed by atoms with Gasteiger partial charge in [0.05, 0.1) is 19.3 Å². The molecule has 0 saturated carbocycles. The Bertz CT molecular complexity index is 415. The number of nitrogens with zero attached hydrogens (tertiary/aromatic N) is 1. The van der Waals surface area contributed by atoms with Crippen molar-refractivity contribution >= 4 is 0 Å². The number of hydrogen-bond donors (Lipinski definition) is 1. The second-order valence-electron chi connectivity index (χ2n) is 5.16. The highest BCUT2D eigenvalue weighted by molar-refractivity contribution is 5.40. The van der Waals surface area contributed by atoms with Gasteiger partial charge in [0.2, 0.25) is 0 Å². The van der Waals surface area contributed by atoms with Crippen LogP contribution in [0.5, 0.6) is 5.75 Å². The van der Waals surface area contributed by atoms with Crippen LogP contribution in [0.2, 0.25) is 0 Å². The molecule has 3 heteroatoms. The first-order chi connectivity index (χ1) is 7.91. The quantitative estimate of drug-likeness (QED) is 0.873. The molecule has 3 nitrogen and oxygen atoms in total. The molecular weight excluding hydrogens is 214 g/mol. The Balaban J connectivity index is 3.15. The minimum absolute atomic E-state index is 0.346. The molecule has 2 atom stereocenters. The number of ether oxygens (including phenoxy) is 1. The van der Waals surface area contributed by atoms with Gasteiger partial charge in [-0.25, -0.2) is 0 Å². The summed E-state index contributed by atoms with van der Waals surface area (Å²) in [6.45, 7) is 5.74. The molecule has 0 aliphatic rings. The van der Waals surface area contributed by atoms with Crippen molar-refractivity contribution in [2.24, 2.45) is 5.41 Å². The largest absolute Gasteiger partial charge is 0.496 e. The van der Waals surface area contributed by atoms with Crippen LogP contribution in [-0.2, 0) is 0 Å². The number of aliphatic hydroxyl groups excluding tert-OH is 1. The molecule has 1 rings (SSSR count). The highest BCUT2D eigenvalue weighted by Gasteiger charge is 2.33. The lowest BCUT2D eigenvalue weighted by Crippen LogP contribution is -2.32.